The summed E-state index contributed by atoms with van der Waals surface area (Å²) in [6.07, 6.45) is 1.88. The molecule has 1 N–H and O–H groups in total. The van der Waals surface area contributed by atoms with E-state index in [-0.39, 0.29) is 6.17 Å². The van der Waals surface area contributed by atoms with Gasteiger partial charge in [-0.3, -0.25) is 4.99 Å². The number of benzene rings is 9. The molecule has 0 fully saturated rings. The summed E-state index contributed by atoms with van der Waals surface area (Å²) in [5.41, 5.74) is 12.5. The maximum Gasteiger partial charge on any atom is 0.146 e. The highest BCUT2D eigenvalue weighted by atomic mass is 15.1. The lowest BCUT2D eigenvalue weighted by Gasteiger charge is -2.27. The summed E-state index contributed by atoms with van der Waals surface area (Å²) in [5.74, 6) is 0. The normalized spacial score (nSPS) is 14.1. The van der Waals surface area contributed by atoms with Gasteiger partial charge in [0, 0.05) is 11.3 Å². The van der Waals surface area contributed by atoms with E-state index in [0.717, 1.165) is 33.7 Å². The average molecular weight is 689 g/mol. The molecule has 0 aromatic heterocycles. The van der Waals surface area contributed by atoms with Gasteiger partial charge in [0.25, 0.3) is 0 Å². The molecule has 0 saturated carbocycles. The van der Waals surface area contributed by atoms with E-state index >= 15 is 0 Å². The molecule has 1 heterocycles. The first-order valence-corrected chi connectivity index (χ1v) is 18.6. The summed E-state index contributed by atoms with van der Waals surface area (Å²) in [4.78, 5) is 5.36. The number of nitrogens with one attached hydrogen (secondary N) is 1. The van der Waals surface area contributed by atoms with Crippen LogP contribution in [-0.2, 0) is 0 Å². The lowest BCUT2D eigenvalue weighted by atomic mass is 9.86. The zero-order chi connectivity index (χ0) is 35.8. The summed E-state index contributed by atoms with van der Waals surface area (Å²) in [6.45, 7) is 0. The van der Waals surface area contributed by atoms with Crippen molar-refractivity contribution in [3.05, 3.63) is 223 Å². The lowest BCUT2D eigenvalue weighted by molar-refractivity contribution is 0.665. The molecular formula is C52H36N2. The summed E-state index contributed by atoms with van der Waals surface area (Å²) in [5, 5.41) is 11.5. The zero-order valence-corrected chi connectivity index (χ0v) is 29.7. The molecule has 0 bridgehead atoms. The van der Waals surface area contributed by atoms with Crippen molar-refractivity contribution in [1.82, 2.24) is 5.32 Å². The Bertz CT molecular complexity index is 2870. The second kappa shape index (κ2) is 13.5. The van der Waals surface area contributed by atoms with Crippen LogP contribution in [0.15, 0.2) is 211 Å². The van der Waals surface area contributed by atoms with Gasteiger partial charge < -0.3 is 5.32 Å². The Morgan fingerprint density at radius 1 is 0.333 bits per heavy atom. The molecule has 54 heavy (non-hydrogen) atoms. The maximum atomic E-state index is 5.36. The predicted octanol–water partition coefficient (Wildman–Crippen LogP) is 13.3. The molecule has 0 aliphatic carbocycles. The number of hydrogen-bond acceptors (Lipinski definition) is 2. The van der Waals surface area contributed by atoms with Crippen molar-refractivity contribution < 1.29 is 0 Å². The average Bonchev–Trinajstić information content (AvgIpc) is 3.27. The van der Waals surface area contributed by atoms with Crippen LogP contribution in [0.1, 0.15) is 22.9 Å². The first-order chi connectivity index (χ1) is 26.8. The summed E-state index contributed by atoms with van der Waals surface area (Å²) in [6, 6.07) is 71.9. The second-order valence-corrected chi connectivity index (χ2v) is 13.9. The summed E-state index contributed by atoms with van der Waals surface area (Å²) < 4.78 is 0. The van der Waals surface area contributed by atoms with Gasteiger partial charge in [-0.15, -0.1) is 0 Å². The minimum Gasteiger partial charge on any atom is -0.359 e. The van der Waals surface area contributed by atoms with Crippen molar-refractivity contribution in [3.8, 4) is 33.4 Å². The number of fused-ring (bicyclic) bond motifs is 6. The van der Waals surface area contributed by atoms with Crippen molar-refractivity contribution in [1.29, 1.82) is 0 Å². The van der Waals surface area contributed by atoms with Gasteiger partial charge in [-0.1, -0.05) is 194 Å². The summed E-state index contributed by atoms with van der Waals surface area (Å²) >= 11 is 0. The van der Waals surface area contributed by atoms with Gasteiger partial charge in [-0.25, -0.2) is 0 Å². The third-order valence-corrected chi connectivity index (χ3v) is 10.7. The highest BCUT2D eigenvalue weighted by Gasteiger charge is 2.23. The fourth-order valence-electron chi connectivity index (χ4n) is 8.21. The Morgan fingerprint density at radius 3 is 1.41 bits per heavy atom. The maximum absolute atomic E-state index is 5.36. The van der Waals surface area contributed by atoms with Crippen molar-refractivity contribution in [2.45, 2.75) is 6.17 Å². The Morgan fingerprint density at radius 2 is 0.778 bits per heavy atom. The van der Waals surface area contributed by atoms with Crippen molar-refractivity contribution in [3.63, 3.8) is 0 Å². The van der Waals surface area contributed by atoms with Crippen LogP contribution >= 0.6 is 0 Å². The van der Waals surface area contributed by atoms with Gasteiger partial charge in [-0.05, 0) is 89.0 Å². The van der Waals surface area contributed by atoms with Crippen LogP contribution in [0.2, 0.25) is 0 Å². The Hall–Kier alpha value is -7.03. The van der Waals surface area contributed by atoms with Crippen molar-refractivity contribution >= 4 is 43.7 Å². The van der Waals surface area contributed by atoms with Crippen LogP contribution in [-0.4, -0.2) is 5.71 Å². The lowest BCUT2D eigenvalue weighted by Crippen LogP contribution is -2.25. The van der Waals surface area contributed by atoms with E-state index in [9.17, 15) is 0 Å². The third-order valence-electron chi connectivity index (χ3n) is 10.7. The third kappa shape index (κ3) is 5.57. The number of allylic oxidation sites excluding steroid dienone is 1. The highest BCUT2D eigenvalue weighted by Crippen LogP contribution is 2.43. The molecule has 1 atom stereocenters. The molecule has 9 aromatic carbocycles. The smallest absolute Gasteiger partial charge is 0.146 e. The highest BCUT2D eigenvalue weighted by molar-refractivity contribution is 6.25. The molecule has 0 saturated heterocycles. The minimum absolute atomic E-state index is 0.288. The van der Waals surface area contributed by atoms with Crippen LogP contribution in [0.4, 0.5) is 0 Å². The molecule has 0 amide bonds. The minimum atomic E-state index is -0.288. The van der Waals surface area contributed by atoms with Crippen LogP contribution in [0.5, 0.6) is 0 Å². The van der Waals surface area contributed by atoms with E-state index in [1.54, 1.807) is 0 Å². The van der Waals surface area contributed by atoms with Crippen LogP contribution in [0, 0.1) is 0 Å². The molecule has 1 unspecified atom stereocenters. The van der Waals surface area contributed by atoms with Crippen LogP contribution in [0.25, 0.3) is 71.4 Å². The van der Waals surface area contributed by atoms with E-state index in [0.29, 0.717) is 0 Å². The molecule has 0 spiro atoms. The molecule has 2 heteroatoms. The van der Waals surface area contributed by atoms with E-state index < -0.39 is 0 Å². The van der Waals surface area contributed by atoms with Gasteiger partial charge in [0.2, 0.25) is 0 Å². The van der Waals surface area contributed by atoms with Crippen LogP contribution < -0.4 is 5.32 Å². The van der Waals surface area contributed by atoms with E-state index in [1.165, 1.54) is 60.1 Å². The van der Waals surface area contributed by atoms with E-state index in [4.69, 9.17) is 4.99 Å². The molecule has 1 aliphatic heterocycles. The molecule has 1 aliphatic rings. The number of rotatable bonds is 6. The largest absolute Gasteiger partial charge is 0.359 e. The van der Waals surface area contributed by atoms with E-state index in [2.05, 4.69) is 212 Å². The Kier molecular flexibility index (Phi) is 7.92. The molecule has 2 nitrogen and oxygen atoms in total. The predicted molar refractivity (Wildman–Crippen MR) is 229 cm³/mol. The second-order valence-electron chi connectivity index (χ2n) is 13.9. The summed E-state index contributed by atoms with van der Waals surface area (Å²) in [7, 11) is 0. The number of hydrogen-bond donors (Lipinski definition) is 1. The van der Waals surface area contributed by atoms with Gasteiger partial charge in [-0.2, -0.15) is 0 Å². The molecule has 0 radical (unpaired) electrons. The van der Waals surface area contributed by atoms with Crippen molar-refractivity contribution in [2.24, 2.45) is 4.99 Å². The standard InChI is InChI=1S/C52H36N2/c1-3-17-35(18-4-1)50-34-51(36-19-5-2-6-20-36)54-52(53-50)48-30-16-15-28-45(48)42-25-11-9-23-40(42)39-22-8-7-21-38(39)37-31-32-47-44-27-12-10-24-41(44)43-26-13-14-29-46(43)49(47)33-37/h1-34,52-53H. The molecule has 10 rings (SSSR count). The quantitative estimate of drug-likeness (QED) is 0.173. The van der Waals surface area contributed by atoms with Crippen molar-refractivity contribution in [2.75, 3.05) is 0 Å². The first-order valence-electron chi connectivity index (χ1n) is 18.6. The van der Waals surface area contributed by atoms with E-state index in [1.807, 2.05) is 0 Å². The van der Waals surface area contributed by atoms with Gasteiger partial charge >= 0.3 is 0 Å². The SMILES string of the molecule is C1=C(c2ccccc2)NC(c2ccccc2-c2ccccc2-c2ccccc2-c2ccc3c4ccccc4c4ccccc4c3c2)N=C1c1ccccc1. The molecule has 254 valence electrons. The van der Waals surface area contributed by atoms with Crippen LogP contribution in [0.3, 0.4) is 0 Å². The fourth-order valence-corrected chi connectivity index (χ4v) is 8.21. The van der Waals surface area contributed by atoms with Gasteiger partial charge in [0.15, 0.2) is 0 Å². The first kappa shape index (κ1) is 31.7. The zero-order valence-electron chi connectivity index (χ0n) is 29.7. The molecule has 9 aromatic rings. The Balaban J connectivity index is 1.12. The van der Waals surface area contributed by atoms with Gasteiger partial charge in [0.05, 0.1) is 5.71 Å². The monoisotopic (exact) mass is 688 g/mol. The topological polar surface area (TPSA) is 24.4 Å². The number of aliphatic imine (C=N–C) groups is 1. The van der Waals surface area contributed by atoms with Gasteiger partial charge in [0.1, 0.15) is 6.17 Å². The number of nitrogens with zero attached hydrogens (tertiary/aromatic N) is 1. The fraction of sp³-hybridized carbons (Fsp3) is 0.0192. The molecular weight excluding hydrogens is 653 g/mol. The Labute approximate surface area is 315 Å².